The summed E-state index contributed by atoms with van der Waals surface area (Å²) in [6.45, 7) is 4.08. The summed E-state index contributed by atoms with van der Waals surface area (Å²) >= 11 is 0. The lowest BCUT2D eigenvalue weighted by molar-refractivity contribution is 1.31. The summed E-state index contributed by atoms with van der Waals surface area (Å²) in [5.41, 5.74) is 11.1. The van der Waals surface area contributed by atoms with Gasteiger partial charge in [-0.2, -0.15) is 5.26 Å². The van der Waals surface area contributed by atoms with E-state index in [1.54, 1.807) is 24.5 Å². The summed E-state index contributed by atoms with van der Waals surface area (Å²) in [6, 6.07) is 11.7. The predicted molar refractivity (Wildman–Crippen MR) is 76.8 cm³/mol. The molecule has 1 aromatic heterocycles. The van der Waals surface area contributed by atoms with E-state index in [1.165, 1.54) is 5.56 Å². The van der Waals surface area contributed by atoms with Crippen LogP contribution in [0.2, 0.25) is 0 Å². The number of pyridine rings is 1. The fourth-order valence-electron chi connectivity index (χ4n) is 1.85. The van der Waals surface area contributed by atoms with Crippen LogP contribution in [-0.4, -0.2) is 4.98 Å². The molecule has 0 bridgehead atoms. The maximum atomic E-state index is 9.33. The molecule has 94 valence electrons. The van der Waals surface area contributed by atoms with Gasteiger partial charge in [0.05, 0.1) is 11.3 Å². The second-order valence-electron chi connectivity index (χ2n) is 4.44. The van der Waals surface area contributed by atoms with Crippen LogP contribution < -0.4 is 5.73 Å². The maximum absolute atomic E-state index is 9.33. The first-order chi connectivity index (χ1) is 9.13. The number of rotatable bonds is 2. The van der Waals surface area contributed by atoms with Crippen LogP contribution in [0, 0.1) is 25.2 Å². The number of nitrogens with two attached hydrogens (primary N) is 1. The summed E-state index contributed by atoms with van der Waals surface area (Å²) < 4.78 is 0. The summed E-state index contributed by atoms with van der Waals surface area (Å²) in [5, 5.41) is 9.33. The Kier molecular flexibility index (Phi) is 3.63. The zero-order valence-corrected chi connectivity index (χ0v) is 11.0. The first-order valence-electron chi connectivity index (χ1n) is 6.01. The van der Waals surface area contributed by atoms with Gasteiger partial charge >= 0.3 is 0 Å². The van der Waals surface area contributed by atoms with Crippen LogP contribution in [0.3, 0.4) is 0 Å². The van der Waals surface area contributed by atoms with Crippen LogP contribution >= 0.6 is 0 Å². The minimum atomic E-state index is 0.477. The molecule has 3 heteroatoms. The lowest BCUT2D eigenvalue weighted by Crippen LogP contribution is -2.01. The number of aryl methyl sites for hydroxylation is 2. The Bertz CT molecular complexity index is 664. The highest BCUT2D eigenvalue weighted by Crippen LogP contribution is 2.23. The summed E-state index contributed by atoms with van der Waals surface area (Å²) in [4.78, 5) is 3.95. The van der Waals surface area contributed by atoms with Crippen LogP contribution in [0.4, 0.5) is 0 Å². The van der Waals surface area contributed by atoms with Gasteiger partial charge in [0, 0.05) is 12.4 Å². The van der Waals surface area contributed by atoms with Crippen molar-refractivity contribution in [3.8, 4) is 6.07 Å². The van der Waals surface area contributed by atoms with Crippen molar-refractivity contribution in [2.75, 3.05) is 0 Å². The van der Waals surface area contributed by atoms with Gasteiger partial charge in [-0.3, -0.25) is 4.98 Å². The third-order valence-electron chi connectivity index (χ3n) is 3.17. The van der Waals surface area contributed by atoms with Crippen molar-refractivity contribution >= 4 is 11.3 Å². The first kappa shape index (κ1) is 12.8. The second-order valence-corrected chi connectivity index (χ2v) is 4.44. The van der Waals surface area contributed by atoms with Crippen molar-refractivity contribution in [3.63, 3.8) is 0 Å². The third kappa shape index (κ3) is 2.63. The highest BCUT2D eigenvalue weighted by molar-refractivity contribution is 5.95. The van der Waals surface area contributed by atoms with Crippen molar-refractivity contribution in [1.82, 2.24) is 4.98 Å². The van der Waals surface area contributed by atoms with Crippen molar-refractivity contribution < 1.29 is 0 Å². The van der Waals surface area contributed by atoms with Crippen LogP contribution in [0.1, 0.15) is 22.3 Å². The fraction of sp³-hybridized carbons (Fsp3) is 0.125. The second kappa shape index (κ2) is 5.36. The Labute approximate surface area is 113 Å². The van der Waals surface area contributed by atoms with Gasteiger partial charge in [0.15, 0.2) is 0 Å². The Hall–Kier alpha value is -2.60. The molecule has 0 radical (unpaired) electrons. The van der Waals surface area contributed by atoms with Crippen molar-refractivity contribution in [2.45, 2.75) is 13.8 Å². The molecule has 0 fully saturated rings. The standard InChI is InChI=1S/C16H15N3/c1-11-3-4-14(9-12(11)2)16(18)15(10-17)13-5-7-19-8-6-13/h3-9H,18H2,1-2H3/b16-15+. The Balaban J connectivity index is 2.56. The van der Waals surface area contributed by atoms with Crippen LogP contribution in [-0.2, 0) is 0 Å². The molecule has 2 aromatic rings. The SMILES string of the molecule is Cc1ccc(/C(N)=C(/C#N)c2ccncc2)cc1C. The molecule has 0 saturated heterocycles. The lowest BCUT2D eigenvalue weighted by atomic mass is 9.99. The number of aromatic nitrogens is 1. The van der Waals surface area contributed by atoms with E-state index < -0.39 is 0 Å². The van der Waals surface area contributed by atoms with Gasteiger partial charge < -0.3 is 5.73 Å². The smallest absolute Gasteiger partial charge is 0.102 e. The van der Waals surface area contributed by atoms with E-state index in [2.05, 4.69) is 11.1 Å². The normalized spacial score (nSPS) is 11.6. The number of nitrogens with zero attached hydrogens (tertiary/aromatic N) is 2. The molecule has 1 aromatic carbocycles. The van der Waals surface area contributed by atoms with Crippen LogP contribution in [0.15, 0.2) is 42.7 Å². The lowest BCUT2D eigenvalue weighted by Gasteiger charge is -2.08. The molecule has 0 aliphatic heterocycles. The van der Waals surface area contributed by atoms with Crippen LogP contribution in [0.5, 0.6) is 0 Å². The molecule has 0 amide bonds. The van der Waals surface area contributed by atoms with Gasteiger partial charge in [-0.15, -0.1) is 0 Å². The third-order valence-corrected chi connectivity index (χ3v) is 3.17. The van der Waals surface area contributed by atoms with Gasteiger partial charge in [0.2, 0.25) is 0 Å². The van der Waals surface area contributed by atoms with Gasteiger partial charge in [0.1, 0.15) is 6.07 Å². The monoisotopic (exact) mass is 249 g/mol. The molecule has 0 aliphatic carbocycles. The van der Waals surface area contributed by atoms with E-state index in [1.807, 2.05) is 32.0 Å². The fourth-order valence-corrected chi connectivity index (χ4v) is 1.85. The van der Waals surface area contributed by atoms with E-state index in [0.29, 0.717) is 11.3 Å². The minimum Gasteiger partial charge on any atom is -0.397 e. The molecule has 2 rings (SSSR count). The van der Waals surface area contributed by atoms with E-state index in [4.69, 9.17) is 5.73 Å². The number of nitriles is 1. The molecular weight excluding hydrogens is 234 g/mol. The largest absolute Gasteiger partial charge is 0.397 e. The molecule has 19 heavy (non-hydrogen) atoms. The van der Waals surface area contributed by atoms with E-state index >= 15 is 0 Å². The Morgan fingerprint density at radius 2 is 1.74 bits per heavy atom. The average Bonchev–Trinajstić information content (AvgIpc) is 2.44. The molecule has 3 nitrogen and oxygen atoms in total. The molecule has 0 spiro atoms. The topological polar surface area (TPSA) is 62.7 Å². The van der Waals surface area contributed by atoms with Crippen molar-refractivity contribution in [2.24, 2.45) is 5.73 Å². The number of allylic oxidation sites excluding steroid dienone is 1. The predicted octanol–water partition coefficient (Wildman–Crippen LogP) is 3.05. The van der Waals surface area contributed by atoms with E-state index in [0.717, 1.165) is 16.7 Å². The average molecular weight is 249 g/mol. The van der Waals surface area contributed by atoms with Gasteiger partial charge in [-0.1, -0.05) is 12.1 Å². The van der Waals surface area contributed by atoms with Crippen molar-refractivity contribution in [3.05, 3.63) is 65.0 Å². The van der Waals surface area contributed by atoms with E-state index in [-0.39, 0.29) is 0 Å². The summed E-state index contributed by atoms with van der Waals surface area (Å²) in [6.07, 6.45) is 3.31. The molecule has 0 unspecified atom stereocenters. The zero-order chi connectivity index (χ0) is 13.8. The minimum absolute atomic E-state index is 0.477. The van der Waals surface area contributed by atoms with Crippen LogP contribution in [0.25, 0.3) is 11.3 Å². The van der Waals surface area contributed by atoms with Crippen molar-refractivity contribution in [1.29, 1.82) is 5.26 Å². The molecule has 0 saturated carbocycles. The molecule has 1 heterocycles. The molecule has 2 N–H and O–H groups in total. The Morgan fingerprint density at radius 1 is 1.05 bits per heavy atom. The molecular formula is C16H15N3. The highest BCUT2D eigenvalue weighted by atomic mass is 14.6. The van der Waals surface area contributed by atoms with Gasteiger partial charge in [-0.05, 0) is 54.3 Å². The number of hydrogen-bond acceptors (Lipinski definition) is 3. The highest BCUT2D eigenvalue weighted by Gasteiger charge is 2.08. The van der Waals surface area contributed by atoms with Gasteiger partial charge in [-0.25, -0.2) is 0 Å². The summed E-state index contributed by atoms with van der Waals surface area (Å²) in [7, 11) is 0. The zero-order valence-electron chi connectivity index (χ0n) is 11.0. The Morgan fingerprint density at radius 3 is 2.32 bits per heavy atom. The number of benzene rings is 1. The maximum Gasteiger partial charge on any atom is 0.102 e. The molecule has 0 aliphatic rings. The molecule has 0 atom stereocenters. The summed E-state index contributed by atoms with van der Waals surface area (Å²) in [5.74, 6) is 0. The van der Waals surface area contributed by atoms with E-state index in [9.17, 15) is 5.26 Å². The quantitative estimate of drug-likeness (QED) is 0.832. The number of hydrogen-bond donors (Lipinski definition) is 1. The first-order valence-corrected chi connectivity index (χ1v) is 6.01. The van der Waals surface area contributed by atoms with Gasteiger partial charge in [0.25, 0.3) is 0 Å².